The predicted octanol–water partition coefficient (Wildman–Crippen LogP) is 11.4. The van der Waals surface area contributed by atoms with Gasteiger partial charge in [0.2, 0.25) is 0 Å². The molecule has 3 unspecified atom stereocenters. The summed E-state index contributed by atoms with van der Waals surface area (Å²) in [5.74, 6) is -8.38. The minimum Gasteiger partial charge on any atom is -0.478 e. The Labute approximate surface area is 424 Å². The normalized spacial score (nSPS) is 12.9. The Morgan fingerprint density at radius 3 is 1.25 bits per heavy atom. The maximum Gasteiger partial charge on any atom is 0.357 e. The first-order valence-electron chi connectivity index (χ1n) is 21.4. The number of rotatable bonds is 17. The van der Waals surface area contributed by atoms with Crippen molar-refractivity contribution in [1.82, 2.24) is 29.3 Å². The summed E-state index contributed by atoms with van der Waals surface area (Å²) in [6.45, 7) is 1.87. The molecule has 0 aliphatic rings. The molecule has 19 heteroatoms. The van der Waals surface area contributed by atoms with Crippen LogP contribution >= 0.6 is 46.4 Å². The van der Waals surface area contributed by atoms with Gasteiger partial charge in [0.15, 0.2) is 0 Å². The van der Waals surface area contributed by atoms with Crippen LogP contribution in [0.1, 0.15) is 5.56 Å². The van der Waals surface area contributed by atoms with Crippen molar-refractivity contribution in [2.45, 2.75) is 24.7 Å². The van der Waals surface area contributed by atoms with E-state index in [-0.39, 0.29) is 32.1 Å². The van der Waals surface area contributed by atoms with Crippen LogP contribution in [0.5, 0.6) is 17.6 Å². The minimum atomic E-state index is -3.73. The number of carbonyl (C=O) groups is 3. The Morgan fingerprint density at radius 1 is 0.479 bits per heavy atom. The van der Waals surface area contributed by atoms with Crippen molar-refractivity contribution in [3.63, 3.8) is 0 Å². The fourth-order valence-corrected chi connectivity index (χ4v) is 8.85. The third kappa shape index (κ3) is 9.26. The highest BCUT2D eigenvalue weighted by Crippen LogP contribution is 2.45. The van der Waals surface area contributed by atoms with Gasteiger partial charge in [0.1, 0.15) is 15.1 Å². The molecule has 71 heavy (non-hydrogen) atoms. The average Bonchev–Trinajstić information content (AvgIpc) is 4.01. The van der Waals surface area contributed by atoms with E-state index in [0.717, 1.165) is 5.56 Å². The van der Waals surface area contributed by atoms with Gasteiger partial charge in [-0.15, -0.1) is 15.3 Å². The molecule has 15 nitrogen and oxygen atoms in total. The summed E-state index contributed by atoms with van der Waals surface area (Å²) >= 11 is 27.7. The molecule has 0 fully saturated rings. The molecule has 0 spiro atoms. The predicted molar refractivity (Wildman–Crippen MR) is 267 cm³/mol. The molecular formula is C52H36Cl4N6O9. The smallest absolute Gasteiger partial charge is 0.357 e. The summed E-state index contributed by atoms with van der Waals surface area (Å²) in [6.07, 6.45) is -5.83. The summed E-state index contributed by atoms with van der Waals surface area (Å²) in [5, 5.41) is 47.4. The largest absolute Gasteiger partial charge is 0.478 e. The van der Waals surface area contributed by atoms with E-state index in [1.165, 1.54) is 14.0 Å². The lowest BCUT2D eigenvalue weighted by molar-refractivity contribution is -0.196. The lowest BCUT2D eigenvalue weighted by Gasteiger charge is -2.37. The fraction of sp³-hybridized carbons (Fsp3) is 0.0769. The van der Waals surface area contributed by atoms with Crippen molar-refractivity contribution >= 4 is 64.3 Å². The second kappa shape index (κ2) is 20.1. The number of benzene rings is 6. The van der Waals surface area contributed by atoms with Gasteiger partial charge in [-0.2, -0.15) is 0 Å². The number of halogens is 4. The maximum atomic E-state index is 14.5. The standard InChI is InChI=1S/C52H36Cl4N6O9/c1-30-25-27-32(28-26-30)42-40(56)48(59-61(42)36-21-10-4-11-22-36)71-52(51(67)68,44(49(63)64)69-46-38(54)41(31-15-6-2-7-16-31)60(57-46)35-19-8-3-9-20-35)45(50(65)66)70-47-39(55)43(33-17-14-18-34(53)29-33)62(58-47)37-23-12-5-13-24-37/h2-29,44-45H,1H3,(H,63,64)(H,65,66)(H,67,68). The number of aliphatic carboxylic acids is 3. The highest BCUT2D eigenvalue weighted by molar-refractivity contribution is 6.35. The average molecular weight is 1030 g/mol. The summed E-state index contributed by atoms with van der Waals surface area (Å²) in [6, 6.07) is 47.9. The molecule has 0 aliphatic carbocycles. The van der Waals surface area contributed by atoms with Gasteiger partial charge in [0.25, 0.3) is 29.8 Å². The SMILES string of the molecule is Cc1ccc(-c2c(Cl)c(OC(C(=O)O)(C(Oc3nn(-c4ccccc4)c(-c4ccccc4)c3Cl)C(=O)O)C(Oc3nn(-c4ccccc4)c(-c4cccc(Cl)c4)c3Cl)C(=O)O)nn2-c2ccccc2)cc1. The summed E-state index contributed by atoms with van der Waals surface area (Å²) in [7, 11) is 0. The van der Waals surface area contributed by atoms with Crippen molar-refractivity contribution in [2.75, 3.05) is 0 Å². The van der Waals surface area contributed by atoms with Gasteiger partial charge in [-0.3, -0.25) is 0 Å². The van der Waals surface area contributed by atoms with Crippen LogP contribution in [-0.2, 0) is 14.4 Å². The number of hydrogen-bond donors (Lipinski definition) is 3. The van der Waals surface area contributed by atoms with Crippen LogP contribution in [0.4, 0.5) is 0 Å². The van der Waals surface area contributed by atoms with Crippen LogP contribution in [0.25, 0.3) is 50.8 Å². The van der Waals surface area contributed by atoms with Crippen LogP contribution in [0.3, 0.4) is 0 Å². The van der Waals surface area contributed by atoms with Gasteiger partial charge >= 0.3 is 23.5 Å². The number of aryl methyl sites for hydroxylation is 1. The second-order valence-electron chi connectivity index (χ2n) is 15.8. The van der Waals surface area contributed by atoms with E-state index >= 15 is 0 Å². The van der Waals surface area contributed by atoms with Gasteiger partial charge in [-0.1, -0.05) is 173 Å². The van der Waals surface area contributed by atoms with E-state index in [2.05, 4.69) is 15.3 Å². The van der Waals surface area contributed by atoms with Gasteiger partial charge in [-0.25, -0.2) is 28.4 Å². The molecule has 0 aliphatic heterocycles. The number of nitrogens with zero attached hydrogens (tertiary/aromatic N) is 6. The number of ether oxygens (including phenoxy) is 3. The monoisotopic (exact) mass is 1030 g/mol. The van der Waals surface area contributed by atoms with Crippen molar-refractivity contribution in [2.24, 2.45) is 0 Å². The Morgan fingerprint density at radius 2 is 0.845 bits per heavy atom. The molecule has 3 N–H and O–H groups in total. The third-order valence-electron chi connectivity index (χ3n) is 11.2. The highest BCUT2D eigenvalue weighted by atomic mass is 35.5. The number of hydrogen-bond acceptors (Lipinski definition) is 9. The zero-order chi connectivity index (χ0) is 50.0. The first-order chi connectivity index (χ1) is 34.3. The molecule has 0 amide bonds. The van der Waals surface area contributed by atoms with E-state index < -0.39 is 53.4 Å². The molecule has 9 rings (SSSR count). The van der Waals surface area contributed by atoms with E-state index in [1.807, 2.05) is 6.92 Å². The molecule has 3 aromatic heterocycles. The van der Waals surface area contributed by atoms with Gasteiger partial charge in [0.05, 0.1) is 34.1 Å². The zero-order valence-electron chi connectivity index (χ0n) is 36.8. The Bertz CT molecular complexity index is 3410. The van der Waals surface area contributed by atoms with Crippen LogP contribution < -0.4 is 14.2 Å². The Kier molecular flexibility index (Phi) is 13.6. The van der Waals surface area contributed by atoms with Crippen molar-refractivity contribution in [3.8, 4) is 68.5 Å². The van der Waals surface area contributed by atoms with Crippen molar-refractivity contribution < 1.29 is 43.9 Å². The molecule has 356 valence electrons. The number of carboxylic acid groups (broad SMARTS) is 3. The highest BCUT2D eigenvalue weighted by Gasteiger charge is 2.66. The number of carboxylic acids is 3. The van der Waals surface area contributed by atoms with Crippen LogP contribution in [-0.4, -0.2) is 80.4 Å². The fourth-order valence-electron chi connectivity index (χ4n) is 7.85. The molecular weight excluding hydrogens is 994 g/mol. The first kappa shape index (κ1) is 48.0. The molecule has 0 saturated heterocycles. The summed E-state index contributed by atoms with van der Waals surface area (Å²) < 4.78 is 22.6. The van der Waals surface area contributed by atoms with Gasteiger partial charge in [-0.05, 0) is 55.5 Å². The van der Waals surface area contributed by atoms with Gasteiger partial charge < -0.3 is 29.5 Å². The van der Waals surface area contributed by atoms with Crippen molar-refractivity contribution in [1.29, 1.82) is 0 Å². The lowest BCUT2D eigenvalue weighted by Crippen LogP contribution is -2.70. The zero-order valence-corrected chi connectivity index (χ0v) is 39.8. The molecule has 6 aromatic carbocycles. The second-order valence-corrected chi connectivity index (χ2v) is 17.3. The molecule has 0 bridgehead atoms. The Balaban J connectivity index is 1.28. The topological polar surface area (TPSA) is 193 Å². The molecule has 3 heterocycles. The van der Waals surface area contributed by atoms with Crippen LogP contribution in [0, 0.1) is 6.92 Å². The molecule has 0 saturated carbocycles. The minimum absolute atomic E-state index is 0.145. The maximum absolute atomic E-state index is 14.5. The lowest BCUT2D eigenvalue weighted by atomic mass is 9.88. The van der Waals surface area contributed by atoms with Crippen LogP contribution in [0.2, 0.25) is 20.1 Å². The van der Waals surface area contributed by atoms with E-state index in [1.54, 1.807) is 170 Å². The van der Waals surface area contributed by atoms with Crippen molar-refractivity contribution in [3.05, 3.63) is 196 Å². The van der Waals surface area contributed by atoms with Crippen LogP contribution in [0.15, 0.2) is 170 Å². The first-order valence-corrected chi connectivity index (χ1v) is 22.9. The summed E-state index contributed by atoms with van der Waals surface area (Å²) in [5.41, 5.74) is 0.343. The molecule has 3 atom stereocenters. The molecule has 0 radical (unpaired) electrons. The van der Waals surface area contributed by atoms with E-state index in [9.17, 15) is 29.7 Å². The Hall–Kier alpha value is -8.08. The van der Waals surface area contributed by atoms with E-state index in [4.69, 9.17) is 60.6 Å². The van der Waals surface area contributed by atoms with E-state index in [0.29, 0.717) is 38.8 Å². The summed E-state index contributed by atoms with van der Waals surface area (Å²) in [4.78, 5) is 42.5. The van der Waals surface area contributed by atoms with Gasteiger partial charge in [0, 0.05) is 21.7 Å². The molecule has 9 aromatic rings. The quantitative estimate of drug-likeness (QED) is 0.0783. The third-order valence-corrected chi connectivity index (χ3v) is 12.4. The number of para-hydroxylation sites is 3. The number of aromatic nitrogens is 6.